The number of benzene rings is 1. The van der Waals surface area contributed by atoms with E-state index in [1.165, 1.54) is 12.8 Å². The van der Waals surface area contributed by atoms with Crippen molar-refractivity contribution in [3.63, 3.8) is 0 Å². The van der Waals surface area contributed by atoms with Gasteiger partial charge in [-0.1, -0.05) is 18.2 Å². The van der Waals surface area contributed by atoms with Crippen molar-refractivity contribution in [2.45, 2.75) is 61.5 Å². The van der Waals surface area contributed by atoms with Crippen molar-refractivity contribution in [1.29, 1.82) is 0 Å². The van der Waals surface area contributed by atoms with Gasteiger partial charge in [-0.25, -0.2) is 8.42 Å². The number of carbonyl (C=O) groups excluding carboxylic acids is 1. The smallest absolute Gasteiger partial charge is 0.220 e. The van der Waals surface area contributed by atoms with Gasteiger partial charge >= 0.3 is 0 Å². The molecule has 24 heavy (non-hydrogen) atoms. The van der Waals surface area contributed by atoms with E-state index in [0.717, 1.165) is 18.4 Å². The Balaban J connectivity index is 1.43. The van der Waals surface area contributed by atoms with Gasteiger partial charge in [0.1, 0.15) is 0 Å². The molecule has 1 aromatic carbocycles. The van der Waals surface area contributed by atoms with Gasteiger partial charge in [0.15, 0.2) is 9.84 Å². The maximum absolute atomic E-state index is 12.5. The fourth-order valence-corrected chi connectivity index (χ4v) is 6.22. The maximum Gasteiger partial charge on any atom is 0.220 e. The largest absolute Gasteiger partial charge is 0.349 e. The van der Waals surface area contributed by atoms with E-state index in [9.17, 15) is 13.2 Å². The van der Waals surface area contributed by atoms with Gasteiger partial charge in [0.05, 0.1) is 16.7 Å². The van der Waals surface area contributed by atoms with Crippen molar-refractivity contribution in [2.24, 2.45) is 5.92 Å². The summed E-state index contributed by atoms with van der Waals surface area (Å²) in [5, 5.41) is 6.68. The fraction of sp³-hybridized carbons (Fsp3) is 0.611. The summed E-state index contributed by atoms with van der Waals surface area (Å²) in [4.78, 5) is 12.9. The molecule has 1 aromatic rings. The first-order valence-corrected chi connectivity index (χ1v) is 10.5. The van der Waals surface area contributed by atoms with E-state index in [1.807, 2.05) is 12.1 Å². The quantitative estimate of drug-likeness (QED) is 0.875. The lowest BCUT2D eigenvalue weighted by atomic mass is 9.89. The molecular weight excluding hydrogens is 324 g/mol. The number of hydrogen-bond acceptors (Lipinski definition) is 4. The van der Waals surface area contributed by atoms with Crippen LogP contribution in [-0.4, -0.2) is 32.2 Å². The second-order valence-electron chi connectivity index (χ2n) is 7.44. The number of carbonyl (C=O) groups is 1. The van der Waals surface area contributed by atoms with Crippen LogP contribution in [-0.2, 0) is 14.6 Å². The highest BCUT2D eigenvalue weighted by molar-refractivity contribution is 7.91. The van der Waals surface area contributed by atoms with E-state index in [2.05, 4.69) is 10.6 Å². The third-order valence-corrected chi connectivity index (χ3v) is 7.50. The van der Waals surface area contributed by atoms with Crippen molar-refractivity contribution in [2.75, 3.05) is 5.75 Å². The number of hydrogen-bond donors (Lipinski definition) is 2. The second-order valence-corrected chi connectivity index (χ2v) is 9.52. The Morgan fingerprint density at radius 2 is 1.83 bits per heavy atom. The Hall–Kier alpha value is -1.40. The second kappa shape index (κ2) is 6.15. The minimum absolute atomic E-state index is 0.0559. The van der Waals surface area contributed by atoms with Crippen LogP contribution in [0.4, 0.5) is 0 Å². The van der Waals surface area contributed by atoms with Gasteiger partial charge < -0.3 is 10.6 Å². The van der Waals surface area contributed by atoms with Gasteiger partial charge in [-0.15, -0.1) is 0 Å². The Bertz CT molecular complexity index is 734. The van der Waals surface area contributed by atoms with E-state index in [-0.39, 0.29) is 17.7 Å². The van der Waals surface area contributed by atoms with Crippen LogP contribution in [0.2, 0.25) is 0 Å². The molecule has 5 nitrogen and oxygen atoms in total. The Morgan fingerprint density at radius 1 is 1.12 bits per heavy atom. The molecule has 2 fully saturated rings. The molecule has 3 unspecified atom stereocenters. The van der Waals surface area contributed by atoms with E-state index in [1.54, 1.807) is 12.1 Å². The number of rotatable bonds is 3. The lowest BCUT2D eigenvalue weighted by molar-refractivity contribution is -0.123. The number of nitrogens with one attached hydrogen (secondary N) is 2. The standard InChI is InChI=1S/C18H24N2O3S/c21-18(11-12-9-13-5-6-14(10-12)19-13)20-16-7-8-24(22,23)17-4-2-1-3-15(16)17/h1-4,12-14,16,19H,5-11H2,(H,20,21). The summed E-state index contributed by atoms with van der Waals surface area (Å²) in [5.74, 6) is 0.610. The summed E-state index contributed by atoms with van der Waals surface area (Å²) in [5.41, 5.74) is 0.738. The Labute approximate surface area is 143 Å². The van der Waals surface area contributed by atoms with Gasteiger partial charge in [0.25, 0.3) is 0 Å². The molecule has 0 saturated carbocycles. The zero-order valence-corrected chi connectivity index (χ0v) is 14.5. The van der Waals surface area contributed by atoms with Crippen LogP contribution in [0.1, 0.15) is 50.1 Å². The highest BCUT2D eigenvalue weighted by Gasteiger charge is 2.35. The van der Waals surface area contributed by atoms with Gasteiger partial charge in [-0.05, 0) is 49.7 Å². The highest BCUT2D eigenvalue weighted by Crippen LogP contribution is 2.34. The Morgan fingerprint density at radius 3 is 2.58 bits per heavy atom. The molecule has 2 saturated heterocycles. The summed E-state index contributed by atoms with van der Waals surface area (Å²) < 4.78 is 24.4. The first kappa shape index (κ1) is 16.1. The zero-order chi connectivity index (χ0) is 16.7. The van der Waals surface area contributed by atoms with Crippen LogP contribution in [0, 0.1) is 5.92 Å². The molecule has 3 heterocycles. The van der Waals surface area contributed by atoms with Crippen molar-refractivity contribution in [3.8, 4) is 0 Å². The average Bonchev–Trinajstić information content (AvgIpc) is 2.89. The van der Waals surface area contributed by atoms with Crippen LogP contribution in [0.25, 0.3) is 0 Å². The van der Waals surface area contributed by atoms with Crippen LogP contribution in [0.3, 0.4) is 0 Å². The minimum atomic E-state index is -3.20. The third kappa shape index (κ3) is 3.09. The molecule has 0 spiro atoms. The summed E-state index contributed by atoms with van der Waals surface area (Å²) in [6, 6.07) is 8.03. The predicted octanol–water partition coefficient (Wildman–Crippen LogP) is 1.94. The molecule has 3 aliphatic rings. The number of sulfone groups is 1. The SMILES string of the molecule is O=C(CC1CC2CCC(C1)N2)NC1CCS(=O)(=O)c2ccccc21. The monoisotopic (exact) mass is 348 g/mol. The van der Waals surface area contributed by atoms with E-state index in [4.69, 9.17) is 0 Å². The molecule has 3 atom stereocenters. The van der Waals surface area contributed by atoms with Crippen LogP contribution in [0.15, 0.2) is 29.2 Å². The third-order valence-electron chi connectivity index (χ3n) is 5.68. The molecular formula is C18H24N2O3S. The average molecular weight is 348 g/mol. The topological polar surface area (TPSA) is 75.3 Å². The maximum atomic E-state index is 12.5. The molecule has 3 aliphatic heterocycles. The van der Waals surface area contributed by atoms with Crippen LogP contribution >= 0.6 is 0 Å². The first-order chi connectivity index (χ1) is 11.5. The van der Waals surface area contributed by atoms with Gasteiger partial charge in [-0.2, -0.15) is 0 Å². The van der Waals surface area contributed by atoms with Crippen molar-refractivity contribution in [3.05, 3.63) is 29.8 Å². The molecule has 1 amide bonds. The molecule has 0 aliphatic carbocycles. The van der Waals surface area contributed by atoms with Gasteiger partial charge in [0, 0.05) is 18.5 Å². The lowest BCUT2D eigenvalue weighted by Gasteiger charge is -2.30. The van der Waals surface area contributed by atoms with Crippen molar-refractivity contribution >= 4 is 15.7 Å². The Kier molecular flexibility index (Phi) is 4.12. The summed E-state index contributed by atoms with van der Waals surface area (Å²) in [7, 11) is -3.20. The first-order valence-electron chi connectivity index (χ1n) is 8.88. The van der Waals surface area contributed by atoms with Gasteiger partial charge in [-0.3, -0.25) is 4.79 Å². The summed E-state index contributed by atoms with van der Waals surface area (Å²) in [6.07, 6.45) is 5.65. The molecule has 2 bridgehead atoms. The molecule has 0 radical (unpaired) electrons. The number of fused-ring (bicyclic) bond motifs is 3. The highest BCUT2D eigenvalue weighted by atomic mass is 32.2. The normalized spacial score (nSPS) is 33.7. The number of amides is 1. The predicted molar refractivity (Wildman–Crippen MR) is 91.3 cm³/mol. The van der Waals surface area contributed by atoms with E-state index >= 15 is 0 Å². The molecule has 6 heteroatoms. The van der Waals surface area contributed by atoms with Crippen molar-refractivity contribution in [1.82, 2.24) is 10.6 Å². The van der Waals surface area contributed by atoms with Gasteiger partial charge in [0.2, 0.25) is 5.91 Å². The molecule has 4 rings (SSSR count). The lowest BCUT2D eigenvalue weighted by Crippen LogP contribution is -2.40. The number of piperidine rings is 1. The van der Waals surface area contributed by atoms with E-state index < -0.39 is 9.84 Å². The fourth-order valence-electron chi connectivity index (χ4n) is 4.60. The van der Waals surface area contributed by atoms with Crippen molar-refractivity contribution < 1.29 is 13.2 Å². The minimum Gasteiger partial charge on any atom is -0.349 e. The molecule has 2 N–H and O–H groups in total. The zero-order valence-electron chi connectivity index (χ0n) is 13.7. The van der Waals surface area contributed by atoms with Crippen LogP contribution < -0.4 is 10.6 Å². The summed E-state index contributed by atoms with van der Waals surface area (Å²) >= 11 is 0. The molecule has 130 valence electrons. The molecule has 0 aromatic heterocycles. The summed E-state index contributed by atoms with van der Waals surface area (Å²) in [6.45, 7) is 0. The van der Waals surface area contributed by atoms with Crippen LogP contribution in [0.5, 0.6) is 0 Å². The van der Waals surface area contributed by atoms with E-state index in [0.29, 0.717) is 35.7 Å².